The Hall–Kier alpha value is -0.0400. The van der Waals surface area contributed by atoms with Crippen LogP contribution in [0.1, 0.15) is 41.0 Å². The highest BCUT2D eigenvalue weighted by molar-refractivity contribution is 5.14. The van der Waals surface area contributed by atoms with Crippen LogP contribution in [0.2, 0.25) is 0 Å². The molecular weight excluding hydrogens is 158 g/mol. The van der Waals surface area contributed by atoms with E-state index >= 15 is 0 Å². The Labute approximate surface area is 83.5 Å². The molecule has 1 nitrogen and oxygen atoms in total. The second kappa shape index (κ2) is 3.61. The Morgan fingerprint density at radius 2 is 1.77 bits per heavy atom. The lowest BCUT2D eigenvalue weighted by atomic mass is 10.0. The summed E-state index contributed by atoms with van der Waals surface area (Å²) >= 11 is 0. The molecule has 0 bridgehead atoms. The highest BCUT2D eigenvalue weighted by Gasteiger charge is 2.64. The third-order valence-corrected chi connectivity index (χ3v) is 3.84. The monoisotopic (exact) mass is 183 g/mol. The van der Waals surface area contributed by atoms with Crippen molar-refractivity contribution in [3.05, 3.63) is 0 Å². The van der Waals surface area contributed by atoms with Gasteiger partial charge in [-0.3, -0.25) is 0 Å². The number of hydrogen-bond donors (Lipinski definition) is 0. The first-order chi connectivity index (χ1) is 5.96. The molecule has 0 N–H and O–H groups in total. The molecule has 1 saturated carbocycles. The molecule has 2 rings (SSSR count). The van der Waals surface area contributed by atoms with Gasteiger partial charge in [0, 0.05) is 12.6 Å². The van der Waals surface area contributed by atoms with Crippen LogP contribution in [0, 0.1) is 17.3 Å². The van der Waals surface area contributed by atoms with E-state index in [2.05, 4.69) is 46.6 Å². The highest BCUT2D eigenvalue weighted by Crippen LogP contribution is 2.64. The van der Waals surface area contributed by atoms with E-state index in [0.29, 0.717) is 5.41 Å². The lowest BCUT2D eigenvalue weighted by Gasteiger charge is -2.23. The number of likely N-dealkylation sites (tertiary alicyclic amines) is 1. The van der Waals surface area contributed by atoms with Gasteiger partial charge in [0.1, 0.15) is 0 Å². The van der Waals surface area contributed by atoms with Crippen molar-refractivity contribution < 1.29 is 0 Å². The maximum absolute atomic E-state index is 2.49. The second-order valence-electron chi connectivity index (χ2n) is 5.34. The van der Waals surface area contributed by atoms with Gasteiger partial charge in [0.25, 0.3) is 0 Å². The van der Waals surface area contributed by atoms with Crippen molar-refractivity contribution in [2.45, 2.75) is 47.1 Å². The first-order valence-corrected chi connectivity index (χ1v) is 5.67. The molecule has 1 aliphatic heterocycles. The van der Waals surface area contributed by atoms with E-state index in [4.69, 9.17) is 0 Å². The molecule has 0 radical (unpaired) electrons. The topological polar surface area (TPSA) is 3.24 Å². The van der Waals surface area contributed by atoms with E-state index in [-0.39, 0.29) is 0 Å². The standard InChI is InChI=1S/C9H17N.C3H8/c1-6-8-7(5-10(6)4)9(8,2)3;1-3-2/h6-8H,5H2,1-4H3;3H2,1-2H3/t6-,7?,8?;/m1./s1. The van der Waals surface area contributed by atoms with Crippen molar-refractivity contribution in [1.29, 1.82) is 0 Å². The van der Waals surface area contributed by atoms with Crippen molar-refractivity contribution >= 4 is 0 Å². The summed E-state index contributed by atoms with van der Waals surface area (Å²) in [5.74, 6) is 2.00. The van der Waals surface area contributed by atoms with Crippen LogP contribution in [-0.2, 0) is 0 Å². The number of rotatable bonds is 0. The van der Waals surface area contributed by atoms with E-state index in [1.165, 1.54) is 13.0 Å². The fraction of sp³-hybridized carbons (Fsp3) is 1.00. The summed E-state index contributed by atoms with van der Waals surface area (Å²) in [7, 11) is 2.24. The maximum atomic E-state index is 2.49. The van der Waals surface area contributed by atoms with Crippen molar-refractivity contribution in [2.75, 3.05) is 13.6 Å². The van der Waals surface area contributed by atoms with Crippen molar-refractivity contribution in [3.8, 4) is 0 Å². The van der Waals surface area contributed by atoms with E-state index in [0.717, 1.165) is 17.9 Å². The number of nitrogens with zero attached hydrogens (tertiary/aromatic N) is 1. The van der Waals surface area contributed by atoms with Crippen LogP contribution in [-0.4, -0.2) is 24.5 Å². The summed E-state index contributed by atoms with van der Waals surface area (Å²) in [6.45, 7) is 12.8. The lowest BCUT2D eigenvalue weighted by molar-refractivity contribution is 0.235. The zero-order chi connectivity index (χ0) is 10.2. The molecule has 78 valence electrons. The SMILES string of the molecule is CCC.C[C@@H]1C2C(CN1C)C2(C)C. The van der Waals surface area contributed by atoms with Gasteiger partial charge in [-0.25, -0.2) is 0 Å². The minimum absolute atomic E-state index is 0.673. The molecule has 2 unspecified atom stereocenters. The highest BCUT2D eigenvalue weighted by atomic mass is 15.2. The van der Waals surface area contributed by atoms with Gasteiger partial charge in [-0.05, 0) is 31.2 Å². The first-order valence-electron chi connectivity index (χ1n) is 5.67. The summed E-state index contributed by atoms with van der Waals surface area (Å²) in [4.78, 5) is 2.49. The number of piperidine rings is 1. The fourth-order valence-corrected chi connectivity index (χ4v) is 2.84. The summed E-state index contributed by atoms with van der Waals surface area (Å²) < 4.78 is 0. The number of hydrogen-bond acceptors (Lipinski definition) is 1. The Morgan fingerprint density at radius 1 is 1.31 bits per heavy atom. The Kier molecular flexibility index (Phi) is 3.06. The Morgan fingerprint density at radius 3 is 2.00 bits per heavy atom. The van der Waals surface area contributed by atoms with Crippen molar-refractivity contribution in [3.63, 3.8) is 0 Å². The van der Waals surface area contributed by atoms with Crippen LogP contribution in [0.15, 0.2) is 0 Å². The van der Waals surface area contributed by atoms with Crippen LogP contribution >= 0.6 is 0 Å². The third kappa shape index (κ3) is 1.76. The zero-order valence-corrected chi connectivity index (χ0v) is 10.1. The molecule has 1 aliphatic carbocycles. The first kappa shape index (κ1) is 11.0. The van der Waals surface area contributed by atoms with Crippen molar-refractivity contribution in [1.82, 2.24) is 4.90 Å². The molecule has 2 fully saturated rings. The summed E-state index contributed by atoms with van der Waals surface area (Å²) in [5, 5.41) is 0. The summed E-state index contributed by atoms with van der Waals surface area (Å²) in [6.07, 6.45) is 1.25. The van der Waals surface area contributed by atoms with Gasteiger partial charge in [-0.1, -0.05) is 34.1 Å². The normalized spacial score (nSPS) is 40.6. The van der Waals surface area contributed by atoms with Gasteiger partial charge < -0.3 is 4.90 Å². The predicted molar refractivity (Wildman–Crippen MR) is 58.8 cm³/mol. The van der Waals surface area contributed by atoms with E-state index in [1.807, 2.05) is 0 Å². The van der Waals surface area contributed by atoms with E-state index < -0.39 is 0 Å². The molecule has 13 heavy (non-hydrogen) atoms. The van der Waals surface area contributed by atoms with Gasteiger partial charge >= 0.3 is 0 Å². The molecule has 2 aliphatic rings. The van der Waals surface area contributed by atoms with Gasteiger partial charge in [0.2, 0.25) is 0 Å². The smallest absolute Gasteiger partial charge is 0.0101 e. The quantitative estimate of drug-likeness (QED) is 0.558. The fourth-order valence-electron chi connectivity index (χ4n) is 2.84. The van der Waals surface area contributed by atoms with Gasteiger partial charge in [0.15, 0.2) is 0 Å². The van der Waals surface area contributed by atoms with E-state index in [9.17, 15) is 0 Å². The minimum Gasteiger partial charge on any atom is -0.303 e. The zero-order valence-electron chi connectivity index (χ0n) is 10.1. The molecule has 0 spiro atoms. The predicted octanol–water partition coefficient (Wildman–Crippen LogP) is 3.01. The third-order valence-electron chi connectivity index (χ3n) is 3.84. The maximum Gasteiger partial charge on any atom is 0.0101 e. The van der Waals surface area contributed by atoms with Crippen LogP contribution < -0.4 is 0 Å². The molecular formula is C12H25N. The average molecular weight is 183 g/mol. The average Bonchev–Trinajstić information content (AvgIpc) is 2.34. The van der Waals surface area contributed by atoms with Gasteiger partial charge in [-0.2, -0.15) is 0 Å². The van der Waals surface area contributed by atoms with Crippen LogP contribution in [0.5, 0.6) is 0 Å². The Bertz CT molecular complexity index is 172. The van der Waals surface area contributed by atoms with Crippen LogP contribution in [0.25, 0.3) is 0 Å². The van der Waals surface area contributed by atoms with Gasteiger partial charge in [0.05, 0.1) is 0 Å². The second-order valence-corrected chi connectivity index (χ2v) is 5.34. The lowest BCUT2D eigenvalue weighted by Crippen LogP contribution is -2.29. The molecule has 0 aromatic heterocycles. The van der Waals surface area contributed by atoms with Crippen molar-refractivity contribution in [2.24, 2.45) is 17.3 Å². The summed E-state index contributed by atoms with van der Waals surface area (Å²) in [6, 6.07) is 0.833. The van der Waals surface area contributed by atoms with Gasteiger partial charge in [-0.15, -0.1) is 0 Å². The van der Waals surface area contributed by atoms with E-state index in [1.54, 1.807) is 0 Å². The molecule has 3 atom stereocenters. The molecule has 1 saturated heterocycles. The summed E-state index contributed by atoms with van der Waals surface area (Å²) in [5.41, 5.74) is 0.673. The molecule has 0 amide bonds. The molecule has 0 aromatic carbocycles. The molecule has 1 heteroatoms. The Balaban J connectivity index is 0.000000251. The molecule has 0 aromatic rings. The largest absolute Gasteiger partial charge is 0.303 e. The van der Waals surface area contributed by atoms with Crippen LogP contribution in [0.3, 0.4) is 0 Å². The number of fused-ring (bicyclic) bond motifs is 1. The molecule has 1 heterocycles. The minimum atomic E-state index is 0.673. The van der Waals surface area contributed by atoms with Crippen LogP contribution in [0.4, 0.5) is 0 Å².